The summed E-state index contributed by atoms with van der Waals surface area (Å²) in [6, 6.07) is 0. The van der Waals surface area contributed by atoms with Crippen LogP contribution in [0, 0.1) is 23.2 Å². The molecule has 8 heteroatoms. The SMILES string of the molecule is CC(/C=C/C=C(\C)C(O)C(C)C(=O)O[C@H]1C[C@H](C)C=C2C=C[C@@](C)(O)[C@](C)(C(=O)CCO)[C@H]21)=C\C=C\C(=O)O. The highest BCUT2D eigenvalue weighted by Gasteiger charge is 2.59. The van der Waals surface area contributed by atoms with Gasteiger partial charge in [0.2, 0.25) is 0 Å². The molecule has 0 saturated heterocycles. The molecule has 2 aliphatic rings. The third-order valence-electron chi connectivity index (χ3n) is 7.90. The van der Waals surface area contributed by atoms with Gasteiger partial charge in [-0.3, -0.25) is 9.59 Å². The van der Waals surface area contributed by atoms with Crippen LogP contribution in [-0.4, -0.2) is 62.6 Å². The molecule has 0 heterocycles. The van der Waals surface area contributed by atoms with Gasteiger partial charge < -0.3 is 25.2 Å². The van der Waals surface area contributed by atoms with E-state index in [1.807, 2.05) is 13.0 Å². The summed E-state index contributed by atoms with van der Waals surface area (Å²) < 4.78 is 5.98. The minimum atomic E-state index is -1.51. The van der Waals surface area contributed by atoms with E-state index in [9.17, 15) is 29.7 Å². The lowest BCUT2D eigenvalue weighted by atomic mass is 9.54. The largest absolute Gasteiger partial charge is 0.478 e. The molecule has 0 spiro atoms. The van der Waals surface area contributed by atoms with Crippen molar-refractivity contribution in [1.82, 2.24) is 0 Å². The van der Waals surface area contributed by atoms with Crippen LogP contribution < -0.4 is 0 Å². The van der Waals surface area contributed by atoms with Gasteiger partial charge in [-0.2, -0.15) is 0 Å². The number of aliphatic hydroxyl groups is 3. The Kier molecular flexibility index (Phi) is 11.0. The maximum absolute atomic E-state index is 13.3. The van der Waals surface area contributed by atoms with Gasteiger partial charge in [0.1, 0.15) is 11.9 Å². The van der Waals surface area contributed by atoms with Gasteiger partial charge in [-0.05, 0) is 58.1 Å². The summed E-state index contributed by atoms with van der Waals surface area (Å²) in [6.07, 6.45) is 13.1. The molecule has 0 aromatic rings. The monoisotopic (exact) mass is 542 g/mol. The Labute approximate surface area is 230 Å². The van der Waals surface area contributed by atoms with E-state index in [0.29, 0.717) is 12.0 Å². The summed E-state index contributed by atoms with van der Waals surface area (Å²) in [7, 11) is 0. The predicted octanol–water partition coefficient (Wildman–Crippen LogP) is 3.85. The van der Waals surface area contributed by atoms with Crippen molar-refractivity contribution >= 4 is 17.7 Å². The minimum Gasteiger partial charge on any atom is -0.478 e. The first-order chi connectivity index (χ1) is 18.1. The van der Waals surface area contributed by atoms with E-state index in [2.05, 4.69) is 0 Å². The van der Waals surface area contributed by atoms with Gasteiger partial charge in [-0.15, -0.1) is 0 Å². The maximum Gasteiger partial charge on any atom is 0.328 e. The number of fused-ring (bicyclic) bond motifs is 1. The quantitative estimate of drug-likeness (QED) is 0.175. The standard InChI is InChI=1S/C31H42O8/c1-19(10-8-12-26(34)35)9-7-11-21(3)28(36)22(4)29(37)39-24-18-20(2)17-23-13-15-30(5,38)31(6,27(23)24)25(33)14-16-32/h7-13,15,17,20,22,24,27-28,32,36,38H,14,16,18H2,1-6H3,(H,34,35)/b9-7+,12-8+,19-10+,21-11+/t20-,22?,24+,27-,28?,30-,31-/m1/s1. The summed E-state index contributed by atoms with van der Waals surface area (Å²) in [6.45, 7) is 9.93. The highest BCUT2D eigenvalue weighted by molar-refractivity contribution is 5.88. The lowest BCUT2D eigenvalue weighted by Gasteiger charge is -2.52. The Balaban J connectivity index is 2.24. The molecule has 7 atom stereocenters. The number of carbonyl (C=O) groups is 3. The first kappa shape index (κ1) is 32.1. The Morgan fingerprint density at radius 3 is 2.41 bits per heavy atom. The molecular formula is C31H42O8. The fraction of sp³-hybridized carbons (Fsp3) is 0.516. The highest BCUT2D eigenvalue weighted by atomic mass is 16.5. The number of hydrogen-bond acceptors (Lipinski definition) is 7. The van der Waals surface area contributed by atoms with Crippen LogP contribution in [0.25, 0.3) is 0 Å². The smallest absolute Gasteiger partial charge is 0.328 e. The molecule has 0 fully saturated rings. The molecule has 0 amide bonds. The van der Waals surface area contributed by atoms with Crippen LogP contribution in [0.5, 0.6) is 0 Å². The molecule has 39 heavy (non-hydrogen) atoms. The maximum atomic E-state index is 13.3. The summed E-state index contributed by atoms with van der Waals surface area (Å²) in [5.74, 6) is -3.40. The number of allylic oxidation sites excluding steroid dienone is 8. The average molecular weight is 543 g/mol. The molecule has 0 aromatic heterocycles. The molecule has 0 bridgehead atoms. The molecule has 0 radical (unpaired) electrons. The van der Waals surface area contributed by atoms with Crippen LogP contribution in [0.3, 0.4) is 0 Å². The number of carbonyl (C=O) groups excluding carboxylic acids is 2. The van der Waals surface area contributed by atoms with Crippen LogP contribution >= 0.6 is 0 Å². The zero-order chi connectivity index (χ0) is 29.5. The third kappa shape index (κ3) is 7.53. The third-order valence-corrected chi connectivity index (χ3v) is 7.90. The number of aliphatic hydroxyl groups excluding tert-OH is 2. The van der Waals surface area contributed by atoms with E-state index >= 15 is 0 Å². The van der Waals surface area contributed by atoms with E-state index in [4.69, 9.17) is 9.84 Å². The topological polar surface area (TPSA) is 141 Å². The van der Waals surface area contributed by atoms with Gasteiger partial charge in [0.05, 0.1) is 23.0 Å². The molecule has 4 N–H and O–H groups in total. The summed E-state index contributed by atoms with van der Waals surface area (Å²) in [5, 5.41) is 40.2. The number of carboxylic acids is 1. The average Bonchev–Trinajstić information content (AvgIpc) is 2.85. The van der Waals surface area contributed by atoms with Gasteiger partial charge in [-0.25, -0.2) is 4.79 Å². The lowest BCUT2D eigenvalue weighted by Crippen LogP contribution is -2.59. The molecule has 2 rings (SSSR count). The molecule has 2 aliphatic carbocycles. The van der Waals surface area contributed by atoms with E-state index in [-0.39, 0.29) is 24.7 Å². The molecule has 2 unspecified atom stereocenters. The number of rotatable bonds is 11. The van der Waals surface area contributed by atoms with Gasteiger partial charge in [0.15, 0.2) is 0 Å². The molecule has 0 saturated carbocycles. The van der Waals surface area contributed by atoms with Gasteiger partial charge >= 0.3 is 11.9 Å². The van der Waals surface area contributed by atoms with E-state index in [0.717, 1.165) is 17.2 Å². The first-order valence-corrected chi connectivity index (χ1v) is 13.2. The van der Waals surface area contributed by atoms with Crippen molar-refractivity contribution in [2.75, 3.05) is 6.61 Å². The van der Waals surface area contributed by atoms with E-state index in [1.165, 1.54) is 6.08 Å². The van der Waals surface area contributed by atoms with Crippen molar-refractivity contribution in [3.8, 4) is 0 Å². The zero-order valence-corrected chi connectivity index (χ0v) is 23.6. The summed E-state index contributed by atoms with van der Waals surface area (Å²) in [4.78, 5) is 37.1. The van der Waals surface area contributed by atoms with Crippen molar-refractivity contribution < 1.29 is 39.5 Å². The molecule has 0 aromatic carbocycles. The number of ether oxygens (including phenoxy) is 1. The van der Waals surface area contributed by atoms with Crippen LogP contribution in [-0.2, 0) is 19.1 Å². The van der Waals surface area contributed by atoms with Gasteiger partial charge in [-0.1, -0.05) is 61.1 Å². The highest BCUT2D eigenvalue weighted by Crippen LogP contribution is 2.53. The Morgan fingerprint density at radius 1 is 1.15 bits per heavy atom. The molecule has 8 nitrogen and oxygen atoms in total. The van der Waals surface area contributed by atoms with E-state index in [1.54, 1.807) is 71.1 Å². The van der Waals surface area contributed by atoms with Gasteiger partial charge in [0.25, 0.3) is 0 Å². The number of Topliss-reactive ketones (excluding diaryl/α,β-unsaturated/α-hetero) is 1. The second-order valence-corrected chi connectivity index (χ2v) is 11.0. The fourth-order valence-electron chi connectivity index (χ4n) is 5.33. The molecule has 0 aliphatic heterocycles. The van der Waals surface area contributed by atoms with Crippen molar-refractivity contribution in [3.63, 3.8) is 0 Å². The number of esters is 1. The number of hydrogen-bond donors (Lipinski definition) is 4. The summed E-state index contributed by atoms with van der Waals surface area (Å²) in [5.41, 5.74) is -0.699. The van der Waals surface area contributed by atoms with Crippen LogP contribution in [0.2, 0.25) is 0 Å². The van der Waals surface area contributed by atoms with Crippen molar-refractivity contribution in [3.05, 3.63) is 71.4 Å². The Bertz CT molecular complexity index is 1120. The normalized spacial score (nSPS) is 31.1. The number of carboxylic acid groups (broad SMARTS) is 1. The summed E-state index contributed by atoms with van der Waals surface area (Å²) >= 11 is 0. The predicted molar refractivity (Wildman–Crippen MR) is 148 cm³/mol. The van der Waals surface area contributed by atoms with Gasteiger partial charge in [0, 0.05) is 25.0 Å². The van der Waals surface area contributed by atoms with Crippen LogP contribution in [0.4, 0.5) is 0 Å². The molecule has 214 valence electrons. The molecular weight excluding hydrogens is 500 g/mol. The van der Waals surface area contributed by atoms with Crippen LogP contribution in [0.1, 0.15) is 54.4 Å². The minimum absolute atomic E-state index is 0.0626. The Hall–Kier alpha value is -3.07. The van der Waals surface area contributed by atoms with Crippen molar-refractivity contribution in [2.45, 2.75) is 72.2 Å². The second kappa shape index (κ2) is 13.3. The number of aliphatic carboxylic acids is 1. The lowest BCUT2D eigenvalue weighted by molar-refractivity contribution is -0.172. The Morgan fingerprint density at radius 2 is 1.79 bits per heavy atom. The van der Waals surface area contributed by atoms with Crippen molar-refractivity contribution in [1.29, 1.82) is 0 Å². The fourth-order valence-corrected chi connectivity index (χ4v) is 5.33. The number of ketones is 1. The first-order valence-electron chi connectivity index (χ1n) is 13.2. The van der Waals surface area contributed by atoms with E-state index < -0.39 is 47.0 Å². The van der Waals surface area contributed by atoms with Crippen molar-refractivity contribution in [2.24, 2.45) is 23.2 Å². The zero-order valence-electron chi connectivity index (χ0n) is 23.6. The van der Waals surface area contributed by atoms with Crippen LogP contribution in [0.15, 0.2) is 71.4 Å². The second-order valence-electron chi connectivity index (χ2n) is 11.0.